The molecular formula is C37H34FN9O3S. The highest BCUT2D eigenvalue weighted by Gasteiger charge is 2.23. The number of halogens is 1. The Hall–Kier alpha value is -5.86. The maximum Gasteiger partial charge on any atom is 0.298 e. The third-order valence-corrected chi connectivity index (χ3v) is 10.1. The molecule has 8 rings (SSSR count). The summed E-state index contributed by atoms with van der Waals surface area (Å²) in [6.45, 7) is 5.38. The summed E-state index contributed by atoms with van der Waals surface area (Å²) in [6, 6.07) is 25.1. The number of nitrogens with zero attached hydrogens (tertiary/aromatic N) is 7. The van der Waals surface area contributed by atoms with Gasteiger partial charge in [-0.3, -0.25) is 19.1 Å². The number of hydrogen-bond acceptors (Lipinski definition) is 11. The zero-order valence-electron chi connectivity index (χ0n) is 27.5. The molecule has 5 heterocycles. The van der Waals surface area contributed by atoms with E-state index in [0.29, 0.717) is 51.4 Å². The largest absolute Gasteiger partial charge is 0.490 e. The summed E-state index contributed by atoms with van der Waals surface area (Å²) in [4.78, 5) is 46.9. The number of ether oxygens (including phenoxy) is 1. The van der Waals surface area contributed by atoms with Gasteiger partial charge in [-0.1, -0.05) is 30.3 Å². The highest BCUT2D eigenvalue weighted by Crippen LogP contribution is 2.38. The first kappa shape index (κ1) is 32.4. The van der Waals surface area contributed by atoms with Gasteiger partial charge in [0, 0.05) is 44.1 Å². The lowest BCUT2D eigenvalue weighted by Crippen LogP contribution is -2.47. The van der Waals surface area contributed by atoms with E-state index in [9.17, 15) is 14.0 Å². The quantitative estimate of drug-likeness (QED) is 0.220. The van der Waals surface area contributed by atoms with E-state index in [1.165, 1.54) is 28.3 Å². The average Bonchev–Trinajstić information content (AvgIpc) is 3.59. The Morgan fingerprint density at radius 3 is 2.45 bits per heavy atom. The van der Waals surface area contributed by atoms with E-state index in [1.807, 2.05) is 72.8 Å². The second-order valence-electron chi connectivity index (χ2n) is 12.4. The number of nitrogens with one attached hydrogen (secondary N) is 1. The number of nitrogens with two attached hydrogens (primary N) is 1. The predicted molar refractivity (Wildman–Crippen MR) is 197 cm³/mol. The van der Waals surface area contributed by atoms with E-state index in [4.69, 9.17) is 10.5 Å². The third kappa shape index (κ3) is 6.70. The number of fused-ring (bicyclic) bond motifs is 2. The number of piperazine rings is 1. The summed E-state index contributed by atoms with van der Waals surface area (Å²) in [5.41, 5.74) is 10.4. The molecule has 51 heavy (non-hydrogen) atoms. The standard InChI is InChI=1S/C37H34FN9O3S/c38-25-22-40-37(41-23-25)45-16-14-44(15-17-45)13-12-24-6-8-26(9-7-24)42-34(48)32-21-30-35(51-32)43-33(39)36(49)47(30)28-10-11-31-29(20-28)46(18-19-50-31)27-4-2-1-3-5-27/h1-11,20-23H,12-19H2,(H2,39,43)(H,42,48). The average molecular weight is 704 g/mol. The molecule has 3 aromatic heterocycles. The Morgan fingerprint density at radius 1 is 0.922 bits per heavy atom. The van der Waals surface area contributed by atoms with E-state index in [2.05, 4.69) is 35.0 Å². The van der Waals surface area contributed by atoms with Gasteiger partial charge >= 0.3 is 0 Å². The Labute approximate surface area is 296 Å². The van der Waals surface area contributed by atoms with Crippen LogP contribution in [0.1, 0.15) is 15.2 Å². The van der Waals surface area contributed by atoms with Crippen LogP contribution in [0.2, 0.25) is 0 Å². The molecule has 0 radical (unpaired) electrons. The van der Waals surface area contributed by atoms with Crippen molar-refractivity contribution in [1.82, 2.24) is 24.4 Å². The molecule has 1 fully saturated rings. The van der Waals surface area contributed by atoms with Crippen molar-refractivity contribution < 1.29 is 13.9 Å². The first-order valence-electron chi connectivity index (χ1n) is 16.7. The molecule has 6 aromatic rings. The van der Waals surface area contributed by atoms with E-state index in [-0.39, 0.29) is 11.7 Å². The van der Waals surface area contributed by atoms with Gasteiger partial charge in [0.2, 0.25) is 5.95 Å². The molecule has 0 bridgehead atoms. The van der Waals surface area contributed by atoms with E-state index < -0.39 is 11.4 Å². The van der Waals surface area contributed by atoms with Gasteiger partial charge in [0.15, 0.2) is 11.6 Å². The first-order chi connectivity index (χ1) is 24.9. The van der Waals surface area contributed by atoms with Crippen LogP contribution < -0.4 is 31.1 Å². The lowest BCUT2D eigenvalue weighted by Gasteiger charge is -2.34. The molecule has 12 nitrogen and oxygen atoms in total. The summed E-state index contributed by atoms with van der Waals surface area (Å²) in [5.74, 6) is 0.380. The van der Waals surface area contributed by atoms with Gasteiger partial charge < -0.3 is 25.6 Å². The van der Waals surface area contributed by atoms with Gasteiger partial charge in [0.1, 0.15) is 17.2 Å². The van der Waals surface area contributed by atoms with Crippen LogP contribution in [0.15, 0.2) is 96.1 Å². The van der Waals surface area contributed by atoms with Crippen molar-refractivity contribution in [1.29, 1.82) is 0 Å². The molecule has 0 unspecified atom stereocenters. The molecule has 0 aliphatic carbocycles. The Morgan fingerprint density at radius 2 is 1.69 bits per heavy atom. The summed E-state index contributed by atoms with van der Waals surface area (Å²) in [5, 5.41) is 2.98. The van der Waals surface area contributed by atoms with Crippen LogP contribution in [0.25, 0.3) is 16.0 Å². The zero-order valence-corrected chi connectivity index (χ0v) is 28.4. The fourth-order valence-electron chi connectivity index (χ4n) is 6.46. The molecule has 2 aliphatic heterocycles. The number of aromatic nitrogens is 4. The molecular weight excluding hydrogens is 670 g/mol. The highest BCUT2D eigenvalue weighted by molar-refractivity contribution is 7.20. The number of carbonyl (C=O) groups excluding carboxylic acids is 1. The minimum absolute atomic E-state index is 0.149. The smallest absolute Gasteiger partial charge is 0.298 e. The van der Waals surface area contributed by atoms with Crippen LogP contribution in [0.4, 0.5) is 33.2 Å². The van der Waals surface area contributed by atoms with E-state index >= 15 is 0 Å². The van der Waals surface area contributed by atoms with E-state index in [1.54, 1.807) is 6.07 Å². The molecule has 14 heteroatoms. The van der Waals surface area contributed by atoms with Crippen LogP contribution in [-0.2, 0) is 6.42 Å². The van der Waals surface area contributed by atoms with Crippen molar-refractivity contribution >= 4 is 56.4 Å². The highest BCUT2D eigenvalue weighted by atomic mass is 32.1. The van der Waals surface area contributed by atoms with Crippen molar-refractivity contribution in [3.05, 3.63) is 118 Å². The van der Waals surface area contributed by atoms with Crippen molar-refractivity contribution in [2.24, 2.45) is 0 Å². The molecule has 0 atom stereocenters. The molecule has 1 amide bonds. The topological polar surface area (TPSA) is 135 Å². The number of hydrogen-bond donors (Lipinski definition) is 2. The van der Waals surface area contributed by atoms with E-state index in [0.717, 1.165) is 56.1 Å². The zero-order chi connectivity index (χ0) is 34.9. The molecule has 1 saturated heterocycles. The number of thiophene rings is 1. The first-order valence-corrected chi connectivity index (χ1v) is 17.5. The van der Waals surface area contributed by atoms with Gasteiger partial charge in [-0.15, -0.1) is 11.3 Å². The monoisotopic (exact) mass is 703 g/mol. The number of para-hydroxylation sites is 1. The number of anilines is 5. The van der Waals surface area contributed by atoms with Gasteiger partial charge in [0.25, 0.3) is 11.5 Å². The summed E-state index contributed by atoms with van der Waals surface area (Å²) < 4.78 is 20.6. The van der Waals surface area contributed by atoms with Crippen molar-refractivity contribution in [3.8, 4) is 11.4 Å². The number of nitrogen functional groups attached to an aromatic ring is 1. The van der Waals surface area contributed by atoms with Crippen molar-refractivity contribution in [2.45, 2.75) is 6.42 Å². The second kappa shape index (κ2) is 13.8. The molecule has 258 valence electrons. The number of benzene rings is 3. The lowest BCUT2D eigenvalue weighted by atomic mass is 10.1. The fraction of sp³-hybridized carbons (Fsp3) is 0.216. The summed E-state index contributed by atoms with van der Waals surface area (Å²) in [7, 11) is 0. The number of rotatable bonds is 8. The number of amides is 1. The molecule has 2 aliphatic rings. The van der Waals surface area contributed by atoms with Crippen molar-refractivity contribution in [2.75, 3.05) is 66.7 Å². The minimum atomic E-state index is -0.463. The van der Waals surface area contributed by atoms with Gasteiger partial charge in [-0.2, -0.15) is 0 Å². The Balaban J connectivity index is 0.949. The van der Waals surface area contributed by atoms with Gasteiger partial charge in [-0.05, 0) is 60.5 Å². The Bertz CT molecular complexity index is 2250. The van der Waals surface area contributed by atoms with Crippen LogP contribution in [-0.4, -0.2) is 76.2 Å². The molecule has 0 spiro atoms. The minimum Gasteiger partial charge on any atom is -0.490 e. The maximum absolute atomic E-state index is 13.5. The molecule has 0 saturated carbocycles. The van der Waals surface area contributed by atoms with Crippen LogP contribution in [0, 0.1) is 5.82 Å². The number of carbonyl (C=O) groups is 1. The SMILES string of the molecule is Nc1nc2sc(C(=O)Nc3ccc(CCN4CCN(c5ncc(F)cn5)CC4)cc3)cc2n(-c2ccc3c(c2)N(c2ccccc2)CCO3)c1=O. The van der Waals surface area contributed by atoms with Crippen LogP contribution >= 0.6 is 11.3 Å². The Kier molecular flexibility index (Phi) is 8.76. The molecule has 3 aromatic carbocycles. The normalized spacial score (nSPS) is 14.7. The predicted octanol–water partition coefficient (Wildman–Crippen LogP) is 5.11. The van der Waals surface area contributed by atoms with Crippen molar-refractivity contribution in [3.63, 3.8) is 0 Å². The van der Waals surface area contributed by atoms with Crippen LogP contribution in [0.3, 0.4) is 0 Å². The maximum atomic E-state index is 13.5. The summed E-state index contributed by atoms with van der Waals surface area (Å²) in [6.07, 6.45) is 3.25. The van der Waals surface area contributed by atoms with Gasteiger partial charge in [0.05, 0.1) is 40.7 Å². The third-order valence-electron chi connectivity index (χ3n) is 9.12. The van der Waals surface area contributed by atoms with Gasteiger partial charge in [-0.25, -0.2) is 19.3 Å². The second-order valence-corrected chi connectivity index (χ2v) is 13.4. The van der Waals surface area contributed by atoms with Crippen LogP contribution in [0.5, 0.6) is 5.75 Å². The lowest BCUT2D eigenvalue weighted by molar-refractivity contribution is 0.103. The summed E-state index contributed by atoms with van der Waals surface area (Å²) >= 11 is 1.18. The molecule has 3 N–H and O–H groups in total. The fourth-order valence-corrected chi connectivity index (χ4v) is 7.38.